The lowest BCUT2D eigenvalue weighted by atomic mass is 10.0. The Morgan fingerprint density at radius 1 is 1.47 bits per heavy atom. The molecule has 1 aromatic heterocycles. The molecule has 2 heterocycles. The molecule has 0 aliphatic carbocycles. The SMILES string of the molecule is CC(NC1CCN(C)CC1)c1ccco1. The van der Waals surface area contributed by atoms with Crippen molar-refractivity contribution >= 4 is 0 Å². The third-order valence-electron chi connectivity index (χ3n) is 3.17. The minimum absolute atomic E-state index is 0.327. The molecule has 3 heteroatoms. The smallest absolute Gasteiger partial charge is 0.120 e. The summed E-state index contributed by atoms with van der Waals surface area (Å²) in [6, 6.07) is 4.95. The average molecular weight is 208 g/mol. The average Bonchev–Trinajstić information content (AvgIpc) is 2.74. The molecule has 84 valence electrons. The fourth-order valence-electron chi connectivity index (χ4n) is 2.15. The maximum atomic E-state index is 5.39. The summed E-state index contributed by atoms with van der Waals surface area (Å²) < 4.78 is 5.39. The Balaban J connectivity index is 1.82. The molecule has 1 aliphatic rings. The van der Waals surface area contributed by atoms with Crippen molar-refractivity contribution in [2.45, 2.75) is 31.8 Å². The summed E-state index contributed by atoms with van der Waals surface area (Å²) in [7, 11) is 2.19. The number of piperidine rings is 1. The molecule has 1 saturated heterocycles. The summed E-state index contributed by atoms with van der Waals surface area (Å²) in [6.07, 6.45) is 4.21. The highest BCUT2D eigenvalue weighted by atomic mass is 16.3. The molecule has 0 bridgehead atoms. The highest BCUT2D eigenvalue weighted by Gasteiger charge is 2.19. The molecular weight excluding hydrogens is 188 g/mol. The van der Waals surface area contributed by atoms with E-state index in [4.69, 9.17) is 4.42 Å². The Kier molecular flexibility index (Phi) is 3.44. The van der Waals surface area contributed by atoms with Crippen LogP contribution >= 0.6 is 0 Å². The van der Waals surface area contributed by atoms with Crippen LogP contribution in [0.2, 0.25) is 0 Å². The van der Waals surface area contributed by atoms with Crippen LogP contribution in [0.15, 0.2) is 22.8 Å². The van der Waals surface area contributed by atoms with E-state index in [-0.39, 0.29) is 0 Å². The summed E-state index contributed by atoms with van der Waals surface area (Å²) in [4.78, 5) is 2.38. The van der Waals surface area contributed by atoms with E-state index in [0.717, 1.165) is 5.76 Å². The van der Waals surface area contributed by atoms with E-state index in [2.05, 4.69) is 24.2 Å². The van der Waals surface area contributed by atoms with Crippen molar-refractivity contribution in [3.8, 4) is 0 Å². The van der Waals surface area contributed by atoms with E-state index in [9.17, 15) is 0 Å². The van der Waals surface area contributed by atoms with Crippen LogP contribution < -0.4 is 5.32 Å². The third kappa shape index (κ3) is 2.83. The number of furan rings is 1. The van der Waals surface area contributed by atoms with Crippen molar-refractivity contribution in [1.29, 1.82) is 0 Å². The van der Waals surface area contributed by atoms with Gasteiger partial charge in [0.05, 0.1) is 12.3 Å². The monoisotopic (exact) mass is 208 g/mol. The Morgan fingerprint density at radius 3 is 2.80 bits per heavy atom. The van der Waals surface area contributed by atoms with Crippen LogP contribution in [0.1, 0.15) is 31.6 Å². The predicted octanol–water partition coefficient (Wildman–Crippen LogP) is 2.02. The summed E-state index contributed by atoms with van der Waals surface area (Å²) >= 11 is 0. The zero-order valence-corrected chi connectivity index (χ0v) is 9.57. The van der Waals surface area contributed by atoms with Crippen LogP contribution in [0, 0.1) is 0 Å². The molecule has 15 heavy (non-hydrogen) atoms. The van der Waals surface area contributed by atoms with Crippen LogP contribution in [-0.4, -0.2) is 31.1 Å². The van der Waals surface area contributed by atoms with Gasteiger partial charge >= 0.3 is 0 Å². The summed E-state index contributed by atoms with van der Waals surface area (Å²) in [6.45, 7) is 4.56. The van der Waals surface area contributed by atoms with Crippen molar-refractivity contribution in [1.82, 2.24) is 10.2 Å². The van der Waals surface area contributed by atoms with Gasteiger partial charge < -0.3 is 14.6 Å². The number of nitrogens with zero attached hydrogens (tertiary/aromatic N) is 1. The van der Waals surface area contributed by atoms with Gasteiger partial charge in [-0.25, -0.2) is 0 Å². The number of hydrogen-bond acceptors (Lipinski definition) is 3. The molecule has 1 aromatic rings. The van der Waals surface area contributed by atoms with Gasteiger partial charge in [-0.3, -0.25) is 0 Å². The first-order valence-corrected chi connectivity index (χ1v) is 5.73. The Labute approximate surface area is 91.4 Å². The van der Waals surface area contributed by atoms with Crippen LogP contribution in [0.25, 0.3) is 0 Å². The quantitative estimate of drug-likeness (QED) is 0.824. The van der Waals surface area contributed by atoms with Crippen molar-refractivity contribution in [2.75, 3.05) is 20.1 Å². The molecule has 1 N–H and O–H groups in total. The maximum absolute atomic E-state index is 5.39. The van der Waals surface area contributed by atoms with Crippen LogP contribution in [0.3, 0.4) is 0 Å². The van der Waals surface area contributed by atoms with Gasteiger partial charge in [0.15, 0.2) is 0 Å². The van der Waals surface area contributed by atoms with Gasteiger partial charge in [-0.05, 0) is 52.0 Å². The molecule has 0 aromatic carbocycles. The molecule has 3 nitrogen and oxygen atoms in total. The molecule has 1 unspecified atom stereocenters. The molecule has 1 fully saturated rings. The topological polar surface area (TPSA) is 28.4 Å². The van der Waals surface area contributed by atoms with Crippen LogP contribution in [-0.2, 0) is 0 Å². The third-order valence-corrected chi connectivity index (χ3v) is 3.17. The Hall–Kier alpha value is -0.800. The van der Waals surface area contributed by atoms with Gasteiger partial charge in [-0.2, -0.15) is 0 Å². The molecule has 1 atom stereocenters. The van der Waals surface area contributed by atoms with Gasteiger partial charge in [0.2, 0.25) is 0 Å². The molecule has 0 radical (unpaired) electrons. The van der Waals surface area contributed by atoms with Gasteiger partial charge in [0, 0.05) is 6.04 Å². The lowest BCUT2D eigenvalue weighted by Crippen LogP contribution is -2.41. The number of likely N-dealkylation sites (tertiary alicyclic amines) is 1. The standard InChI is InChI=1S/C12H20N2O/c1-10(12-4-3-9-15-12)13-11-5-7-14(2)8-6-11/h3-4,9-11,13H,5-8H2,1-2H3. The van der Waals surface area contributed by atoms with E-state index in [0.29, 0.717) is 12.1 Å². The first kappa shape index (κ1) is 10.7. The molecule has 1 aliphatic heterocycles. The largest absolute Gasteiger partial charge is 0.468 e. The van der Waals surface area contributed by atoms with Gasteiger partial charge in [0.25, 0.3) is 0 Å². The molecular formula is C12H20N2O. The zero-order valence-electron chi connectivity index (χ0n) is 9.57. The summed E-state index contributed by atoms with van der Waals surface area (Å²) in [5.74, 6) is 1.04. The Morgan fingerprint density at radius 2 is 2.20 bits per heavy atom. The highest BCUT2D eigenvalue weighted by Crippen LogP contribution is 2.16. The van der Waals surface area contributed by atoms with E-state index >= 15 is 0 Å². The van der Waals surface area contributed by atoms with Gasteiger partial charge in [-0.15, -0.1) is 0 Å². The normalized spacial score (nSPS) is 21.7. The Bertz CT molecular complexity index is 276. The summed E-state index contributed by atoms with van der Waals surface area (Å²) in [5, 5.41) is 3.62. The van der Waals surface area contributed by atoms with Gasteiger partial charge in [-0.1, -0.05) is 0 Å². The summed E-state index contributed by atoms with van der Waals surface area (Å²) in [5.41, 5.74) is 0. The molecule has 2 rings (SSSR count). The van der Waals surface area contributed by atoms with Crippen molar-refractivity contribution < 1.29 is 4.42 Å². The first-order valence-electron chi connectivity index (χ1n) is 5.73. The van der Waals surface area contributed by atoms with E-state index in [1.165, 1.54) is 25.9 Å². The fraction of sp³-hybridized carbons (Fsp3) is 0.667. The van der Waals surface area contributed by atoms with Crippen LogP contribution in [0.5, 0.6) is 0 Å². The molecule has 0 spiro atoms. The fourth-order valence-corrected chi connectivity index (χ4v) is 2.15. The second kappa shape index (κ2) is 4.81. The lowest BCUT2D eigenvalue weighted by Gasteiger charge is -2.31. The van der Waals surface area contributed by atoms with Crippen molar-refractivity contribution in [3.63, 3.8) is 0 Å². The number of nitrogens with one attached hydrogen (secondary N) is 1. The highest BCUT2D eigenvalue weighted by molar-refractivity contribution is 5.03. The van der Waals surface area contributed by atoms with E-state index in [1.54, 1.807) is 6.26 Å². The van der Waals surface area contributed by atoms with Crippen molar-refractivity contribution in [3.05, 3.63) is 24.2 Å². The van der Waals surface area contributed by atoms with Gasteiger partial charge in [0.1, 0.15) is 5.76 Å². The number of hydrogen-bond donors (Lipinski definition) is 1. The first-order chi connectivity index (χ1) is 7.25. The van der Waals surface area contributed by atoms with Crippen molar-refractivity contribution in [2.24, 2.45) is 0 Å². The maximum Gasteiger partial charge on any atom is 0.120 e. The van der Waals surface area contributed by atoms with E-state index in [1.807, 2.05) is 12.1 Å². The van der Waals surface area contributed by atoms with Crippen LogP contribution in [0.4, 0.5) is 0 Å². The number of rotatable bonds is 3. The predicted molar refractivity (Wildman–Crippen MR) is 60.8 cm³/mol. The molecule has 0 saturated carbocycles. The van der Waals surface area contributed by atoms with E-state index < -0.39 is 0 Å². The second-order valence-electron chi connectivity index (χ2n) is 4.48. The minimum Gasteiger partial charge on any atom is -0.468 e. The minimum atomic E-state index is 0.327. The second-order valence-corrected chi connectivity index (χ2v) is 4.48. The zero-order chi connectivity index (χ0) is 10.7. The molecule has 0 amide bonds. The lowest BCUT2D eigenvalue weighted by molar-refractivity contribution is 0.222.